The Bertz CT molecular complexity index is 726. The predicted octanol–water partition coefficient (Wildman–Crippen LogP) is 2.86. The molecular weight excluding hydrogens is 366 g/mol. The lowest BCUT2D eigenvalue weighted by atomic mass is 10.0. The Hall–Kier alpha value is -1.99. The number of nitrogens with one attached hydrogen (secondary N) is 2. The molecule has 0 radical (unpaired) electrons. The molecule has 0 spiro atoms. The number of amides is 2. The smallest absolute Gasteiger partial charge is 0.268 e. The fourth-order valence-electron chi connectivity index (χ4n) is 2.11. The van der Waals surface area contributed by atoms with Crippen LogP contribution < -0.4 is 10.6 Å². The van der Waals surface area contributed by atoms with Gasteiger partial charge in [0.15, 0.2) is 0 Å². The summed E-state index contributed by atoms with van der Waals surface area (Å²) in [7, 11) is 0. The maximum absolute atomic E-state index is 12.0. The SMILES string of the molecule is O=C1C[C@H](c2ccc(Br)cc2)N=C(NC(=O)c2cccs2)N1. The molecule has 0 unspecified atom stereocenters. The molecule has 2 amide bonds. The van der Waals surface area contributed by atoms with E-state index in [0.29, 0.717) is 4.88 Å². The topological polar surface area (TPSA) is 70.6 Å². The van der Waals surface area contributed by atoms with Crippen LogP contribution >= 0.6 is 27.3 Å². The number of carbonyl (C=O) groups is 2. The molecule has 2 heterocycles. The Morgan fingerprint density at radius 3 is 2.77 bits per heavy atom. The maximum atomic E-state index is 12.0. The standard InChI is InChI=1S/C15H12BrN3O2S/c16-10-5-3-9(4-6-10)11-8-13(20)18-15(17-11)19-14(21)12-2-1-7-22-12/h1-7,11H,8H2,(H2,17,18,19,20,21)/t11-/m1/s1. The molecule has 2 N–H and O–H groups in total. The van der Waals surface area contributed by atoms with Crippen molar-refractivity contribution in [2.24, 2.45) is 4.99 Å². The second kappa shape index (κ2) is 6.41. The number of aliphatic imine (C=N–C) groups is 1. The van der Waals surface area contributed by atoms with Crippen molar-refractivity contribution in [3.8, 4) is 0 Å². The number of guanidine groups is 1. The third kappa shape index (κ3) is 3.42. The quantitative estimate of drug-likeness (QED) is 0.844. The number of halogens is 1. The highest BCUT2D eigenvalue weighted by Gasteiger charge is 2.23. The summed E-state index contributed by atoms with van der Waals surface area (Å²) in [6, 6.07) is 10.9. The lowest BCUT2D eigenvalue weighted by Crippen LogP contribution is -2.46. The van der Waals surface area contributed by atoms with Gasteiger partial charge in [-0.2, -0.15) is 0 Å². The Kier molecular flexibility index (Phi) is 4.35. The van der Waals surface area contributed by atoms with Crippen LogP contribution in [0.4, 0.5) is 0 Å². The summed E-state index contributed by atoms with van der Waals surface area (Å²) in [6.07, 6.45) is 0.264. The third-order valence-corrected chi connectivity index (χ3v) is 4.55. The Morgan fingerprint density at radius 1 is 1.32 bits per heavy atom. The normalized spacial score (nSPS) is 17.6. The zero-order chi connectivity index (χ0) is 15.5. The highest BCUT2D eigenvalue weighted by molar-refractivity contribution is 9.10. The molecule has 2 aromatic rings. The number of thiophene rings is 1. The van der Waals surface area contributed by atoms with Gasteiger partial charge < -0.3 is 0 Å². The fourth-order valence-corrected chi connectivity index (χ4v) is 2.99. The first-order valence-electron chi connectivity index (χ1n) is 6.60. The summed E-state index contributed by atoms with van der Waals surface area (Å²) in [5, 5.41) is 7.06. The van der Waals surface area contributed by atoms with Gasteiger partial charge in [0, 0.05) is 4.47 Å². The number of carbonyl (C=O) groups excluding carboxylic acids is 2. The summed E-state index contributed by atoms with van der Waals surface area (Å²) in [4.78, 5) is 28.9. The van der Waals surface area contributed by atoms with Gasteiger partial charge in [0.1, 0.15) is 0 Å². The fraction of sp³-hybridized carbons (Fsp3) is 0.133. The van der Waals surface area contributed by atoms with Gasteiger partial charge in [0.05, 0.1) is 17.3 Å². The van der Waals surface area contributed by atoms with Gasteiger partial charge in [-0.1, -0.05) is 34.1 Å². The van der Waals surface area contributed by atoms with Crippen molar-refractivity contribution in [2.45, 2.75) is 12.5 Å². The second-order valence-corrected chi connectivity index (χ2v) is 6.59. The minimum Gasteiger partial charge on any atom is -0.296 e. The number of hydrogen-bond donors (Lipinski definition) is 2. The van der Waals surface area contributed by atoms with Crippen molar-refractivity contribution in [1.82, 2.24) is 10.6 Å². The van der Waals surface area contributed by atoms with Gasteiger partial charge in [-0.25, -0.2) is 4.99 Å². The molecule has 1 aliphatic heterocycles. The molecule has 0 saturated heterocycles. The largest absolute Gasteiger partial charge is 0.296 e. The molecule has 1 aromatic carbocycles. The van der Waals surface area contributed by atoms with Gasteiger partial charge in [-0.15, -0.1) is 11.3 Å². The van der Waals surface area contributed by atoms with Crippen LogP contribution in [0, 0.1) is 0 Å². The van der Waals surface area contributed by atoms with Crippen LogP contribution in [0.15, 0.2) is 51.2 Å². The molecule has 0 aliphatic carbocycles. The van der Waals surface area contributed by atoms with Crippen molar-refractivity contribution in [3.63, 3.8) is 0 Å². The Morgan fingerprint density at radius 2 is 2.09 bits per heavy atom. The molecule has 3 rings (SSSR count). The Labute approximate surface area is 139 Å². The van der Waals surface area contributed by atoms with Crippen LogP contribution in [-0.2, 0) is 4.79 Å². The summed E-state index contributed by atoms with van der Waals surface area (Å²) in [6.45, 7) is 0. The van der Waals surface area contributed by atoms with Crippen LogP contribution in [0.1, 0.15) is 27.7 Å². The van der Waals surface area contributed by atoms with Crippen LogP contribution in [0.2, 0.25) is 0 Å². The molecule has 22 heavy (non-hydrogen) atoms. The summed E-state index contributed by atoms with van der Waals surface area (Å²) in [5.74, 6) is -0.238. The molecule has 5 nitrogen and oxygen atoms in total. The zero-order valence-corrected chi connectivity index (χ0v) is 13.8. The molecule has 7 heteroatoms. The van der Waals surface area contributed by atoms with Crippen molar-refractivity contribution in [2.75, 3.05) is 0 Å². The van der Waals surface area contributed by atoms with Crippen molar-refractivity contribution < 1.29 is 9.59 Å². The van der Waals surface area contributed by atoms with Crippen LogP contribution in [0.3, 0.4) is 0 Å². The minimum atomic E-state index is -0.291. The first kappa shape index (κ1) is 14.9. The van der Waals surface area contributed by atoms with Gasteiger partial charge in [0.25, 0.3) is 5.91 Å². The van der Waals surface area contributed by atoms with E-state index in [2.05, 4.69) is 31.6 Å². The predicted molar refractivity (Wildman–Crippen MR) is 88.9 cm³/mol. The number of hydrogen-bond acceptors (Lipinski definition) is 4. The first-order chi connectivity index (χ1) is 10.6. The van der Waals surface area contributed by atoms with Crippen molar-refractivity contribution in [1.29, 1.82) is 0 Å². The van der Waals surface area contributed by atoms with E-state index < -0.39 is 0 Å². The van der Waals surface area contributed by atoms with Gasteiger partial charge >= 0.3 is 0 Å². The summed E-state index contributed by atoms with van der Waals surface area (Å²) < 4.78 is 0.965. The van der Waals surface area contributed by atoms with E-state index in [0.717, 1.165) is 10.0 Å². The average molecular weight is 378 g/mol. The second-order valence-electron chi connectivity index (χ2n) is 4.73. The molecular formula is C15H12BrN3O2S. The molecule has 1 atom stereocenters. The average Bonchev–Trinajstić information content (AvgIpc) is 3.01. The maximum Gasteiger partial charge on any atom is 0.268 e. The van der Waals surface area contributed by atoms with E-state index in [4.69, 9.17) is 0 Å². The summed E-state index contributed by atoms with van der Waals surface area (Å²) >= 11 is 4.71. The van der Waals surface area contributed by atoms with E-state index in [-0.39, 0.29) is 30.2 Å². The molecule has 0 bridgehead atoms. The molecule has 112 valence electrons. The van der Waals surface area contributed by atoms with E-state index >= 15 is 0 Å². The lowest BCUT2D eigenvalue weighted by molar-refractivity contribution is -0.120. The van der Waals surface area contributed by atoms with E-state index in [1.807, 2.05) is 29.6 Å². The van der Waals surface area contributed by atoms with Gasteiger partial charge in [-0.3, -0.25) is 20.2 Å². The monoisotopic (exact) mass is 377 g/mol. The van der Waals surface area contributed by atoms with Crippen LogP contribution in [0.25, 0.3) is 0 Å². The number of nitrogens with zero attached hydrogens (tertiary/aromatic N) is 1. The van der Waals surface area contributed by atoms with Gasteiger partial charge in [0.2, 0.25) is 11.9 Å². The number of benzene rings is 1. The van der Waals surface area contributed by atoms with Gasteiger partial charge in [-0.05, 0) is 29.1 Å². The summed E-state index contributed by atoms with van der Waals surface area (Å²) in [5.41, 5.74) is 0.931. The molecule has 0 saturated carbocycles. The highest BCUT2D eigenvalue weighted by atomic mass is 79.9. The lowest BCUT2D eigenvalue weighted by Gasteiger charge is -2.21. The van der Waals surface area contributed by atoms with Crippen molar-refractivity contribution >= 4 is 45.0 Å². The van der Waals surface area contributed by atoms with E-state index in [1.165, 1.54) is 11.3 Å². The van der Waals surface area contributed by atoms with E-state index in [1.54, 1.807) is 12.1 Å². The molecule has 1 aromatic heterocycles. The first-order valence-corrected chi connectivity index (χ1v) is 8.27. The van der Waals surface area contributed by atoms with Crippen LogP contribution in [0.5, 0.6) is 0 Å². The Balaban J connectivity index is 1.79. The van der Waals surface area contributed by atoms with Crippen molar-refractivity contribution in [3.05, 3.63) is 56.7 Å². The van der Waals surface area contributed by atoms with E-state index in [9.17, 15) is 9.59 Å². The number of rotatable bonds is 2. The third-order valence-electron chi connectivity index (χ3n) is 3.15. The molecule has 1 aliphatic rings. The van der Waals surface area contributed by atoms with Crippen LogP contribution in [-0.4, -0.2) is 17.8 Å². The molecule has 0 fully saturated rings. The zero-order valence-electron chi connectivity index (χ0n) is 11.4. The highest BCUT2D eigenvalue weighted by Crippen LogP contribution is 2.25. The minimum absolute atomic E-state index is 0.163.